The summed E-state index contributed by atoms with van der Waals surface area (Å²) in [6.07, 6.45) is 2.23. The van der Waals surface area contributed by atoms with E-state index in [0.29, 0.717) is 22.0 Å². The van der Waals surface area contributed by atoms with Crippen molar-refractivity contribution in [1.82, 2.24) is 14.9 Å². The summed E-state index contributed by atoms with van der Waals surface area (Å²) in [7, 11) is 0. The number of aromatic nitrogens is 2. The highest BCUT2D eigenvalue weighted by Crippen LogP contribution is 2.38. The fourth-order valence-electron chi connectivity index (χ4n) is 4.15. The minimum absolute atomic E-state index is 0.00170. The Kier molecular flexibility index (Phi) is 4.46. The Balaban J connectivity index is 1.79. The van der Waals surface area contributed by atoms with E-state index in [1.165, 1.54) is 18.2 Å². The Bertz CT molecular complexity index is 1400. The molecule has 0 saturated carbocycles. The molecule has 0 fully saturated rings. The largest absolute Gasteiger partial charge is 0.394 e. The first-order valence-corrected chi connectivity index (χ1v) is 9.72. The molecule has 2 aromatic carbocycles. The Labute approximate surface area is 175 Å². The van der Waals surface area contributed by atoms with E-state index in [1.54, 1.807) is 17.0 Å². The molecule has 5 rings (SSSR count). The molecule has 2 aromatic heterocycles. The van der Waals surface area contributed by atoms with Crippen LogP contribution in [0.15, 0.2) is 54.9 Å². The summed E-state index contributed by atoms with van der Waals surface area (Å²) in [6, 6.07) is 11.6. The first-order chi connectivity index (χ1) is 15.0. The molecule has 0 saturated heterocycles. The van der Waals surface area contributed by atoms with E-state index >= 15 is 0 Å². The molecule has 1 aliphatic rings. The third-order valence-electron chi connectivity index (χ3n) is 5.52. The standard InChI is InChI=1S/C23H18FN3O4/c24-12-5-6-15-17(10-27(19(15)7-12)9-13(29)11-28)21-20(22(30)26-23(21)31)16-8-25-18-4-2-1-3-14(16)18/h1-8,10,13,25,28-29H,9,11H2,(H,26,30,31). The van der Waals surface area contributed by atoms with Crippen molar-refractivity contribution in [3.8, 4) is 0 Å². The van der Waals surface area contributed by atoms with Crippen LogP contribution < -0.4 is 5.32 Å². The summed E-state index contributed by atoms with van der Waals surface area (Å²) in [5.74, 6) is -1.53. The van der Waals surface area contributed by atoms with Gasteiger partial charge in [-0.25, -0.2) is 4.39 Å². The first kappa shape index (κ1) is 19.2. The number of amides is 2. The molecular formula is C23H18FN3O4. The van der Waals surface area contributed by atoms with Gasteiger partial charge in [-0.05, 0) is 24.3 Å². The number of benzene rings is 2. The third kappa shape index (κ3) is 3.04. The van der Waals surface area contributed by atoms with Crippen LogP contribution in [0.25, 0.3) is 33.0 Å². The Morgan fingerprint density at radius 3 is 2.52 bits per heavy atom. The van der Waals surface area contributed by atoms with Crippen molar-refractivity contribution in [3.63, 3.8) is 0 Å². The van der Waals surface area contributed by atoms with Crippen molar-refractivity contribution < 1.29 is 24.2 Å². The molecule has 0 spiro atoms. The summed E-state index contributed by atoms with van der Waals surface area (Å²) in [5, 5.41) is 22.9. The Morgan fingerprint density at radius 1 is 1.00 bits per heavy atom. The smallest absolute Gasteiger partial charge is 0.259 e. The molecule has 0 radical (unpaired) electrons. The number of carbonyl (C=O) groups excluding carboxylic acids is 2. The fraction of sp³-hybridized carbons (Fsp3) is 0.130. The molecule has 0 bridgehead atoms. The van der Waals surface area contributed by atoms with Crippen molar-refractivity contribution in [2.45, 2.75) is 12.6 Å². The summed E-state index contributed by atoms with van der Waals surface area (Å²) in [4.78, 5) is 28.8. The van der Waals surface area contributed by atoms with Crippen molar-refractivity contribution in [3.05, 3.63) is 71.8 Å². The molecule has 4 aromatic rings. The zero-order valence-electron chi connectivity index (χ0n) is 16.2. The summed E-state index contributed by atoms with van der Waals surface area (Å²) < 4.78 is 15.5. The predicted octanol–water partition coefficient (Wildman–Crippen LogP) is 2.18. The number of carbonyl (C=O) groups is 2. The Morgan fingerprint density at radius 2 is 1.74 bits per heavy atom. The summed E-state index contributed by atoms with van der Waals surface area (Å²) in [6.45, 7) is -0.464. The highest BCUT2D eigenvalue weighted by molar-refractivity contribution is 6.50. The van der Waals surface area contributed by atoms with Gasteiger partial charge in [0.25, 0.3) is 11.8 Å². The highest BCUT2D eigenvalue weighted by atomic mass is 19.1. The maximum Gasteiger partial charge on any atom is 0.259 e. The topological polar surface area (TPSA) is 107 Å². The second kappa shape index (κ2) is 7.19. The average molecular weight is 419 g/mol. The predicted molar refractivity (Wildman–Crippen MR) is 113 cm³/mol. The lowest BCUT2D eigenvalue weighted by Gasteiger charge is -2.09. The van der Waals surface area contributed by atoms with Gasteiger partial charge in [-0.15, -0.1) is 0 Å². The molecule has 156 valence electrons. The van der Waals surface area contributed by atoms with Gasteiger partial charge >= 0.3 is 0 Å². The molecule has 7 nitrogen and oxygen atoms in total. The van der Waals surface area contributed by atoms with Gasteiger partial charge in [0.05, 0.1) is 35.9 Å². The minimum Gasteiger partial charge on any atom is -0.394 e. The summed E-state index contributed by atoms with van der Waals surface area (Å²) >= 11 is 0. The highest BCUT2D eigenvalue weighted by Gasteiger charge is 2.35. The van der Waals surface area contributed by atoms with Crippen LogP contribution in [0.3, 0.4) is 0 Å². The van der Waals surface area contributed by atoms with Gasteiger partial charge in [-0.2, -0.15) is 0 Å². The second-order valence-corrected chi connectivity index (χ2v) is 7.47. The number of H-pyrrole nitrogens is 1. The van der Waals surface area contributed by atoms with Gasteiger partial charge in [0, 0.05) is 39.8 Å². The number of nitrogens with zero attached hydrogens (tertiary/aromatic N) is 1. The van der Waals surface area contributed by atoms with Gasteiger partial charge in [-0.3, -0.25) is 14.9 Å². The minimum atomic E-state index is -1.06. The zero-order valence-corrected chi connectivity index (χ0v) is 16.2. The van der Waals surface area contributed by atoms with Gasteiger partial charge in [0.15, 0.2) is 0 Å². The number of hydrogen-bond acceptors (Lipinski definition) is 4. The van der Waals surface area contributed by atoms with E-state index in [4.69, 9.17) is 0 Å². The molecule has 3 heterocycles. The normalized spacial score (nSPS) is 15.3. The van der Waals surface area contributed by atoms with Crippen LogP contribution in [0.5, 0.6) is 0 Å². The number of aromatic amines is 1. The third-order valence-corrected chi connectivity index (χ3v) is 5.52. The molecular weight excluding hydrogens is 401 g/mol. The van der Waals surface area contributed by atoms with Crippen LogP contribution in [0.4, 0.5) is 4.39 Å². The maximum absolute atomic E-state index is 14.0. The van der Waals surface area contributed by atoms with Crippen molar-refractivity contribution >= 4 is 44.8 Å². The monoisotopic (exact) mass is 419 g/mol. The van der Waals surface area contributed by atoms with Gasteiger partial charge < -0.3 is 19.8 Å². The maximum atomic E-state index is 14.0. The lowest BCUT2D eigenvalue weighted by molar-refractivity contribution is -0.122. The van der Waals surface area contributed by atoms with Crippen LogP contribution in [0.2, 0.25) is 0 Å². The van der Waals surface area contributed by atoms with E-state index in [2.05, 4.69) is 10.3 Å². The van der Waals surface area contributed by atoms with Crippen molar-refractivity contribution in [2.24, 2.45) is 0 Å². The molecule has 4 N–H and O–H groups in total. The molecule has 1 atom stereocenters. The lowest BCUT2D eigenvalue weighted by atomic mass is 9.95. The quantitative estimate of drug-likeness (QED) is 0.372. The fourth-order valence-corrected chi connectivity index (χ4v) is 4.15. The van der Waals surface area contributed by atoms with Crippen molar-refractivity contribution in [2.75, 3.05) is 6.61 Å². The molecule has 0 aliphatic carbocycles. The molecule has 1 unspecified atom stereocenters. The van der Waals surface area contributed by atoms with Crippen molar-refractivity contribution in [1.29, 1.82) is 0 Å². The molecule has 2 amide bonds. The van der Waals surface area contributed by atoms with Crippen LogP contribution in [0, 0.1) is 5.82 Å². The molecule has 1 aliphatic heterocycles. The van der Waals surface area contributed by atoms with Gasteiger partial charge in [0.2, 0.25) is 0 Å². The Hall–Kier alpha value is -3.75. The number of rotatable bonds is 5. The number of aliphatic hydroxyl groups excluding tert-OH is 2. The van der Waals surface area contributed by atoms with E-state index in [-0.39, 0.29) is 17.7 Å². The lowest BCUT2D eigenvalue weighted by Crippen LogP contribution is -2.22. The zero-order chi connectivity index (χ0) is 21.7. The SMILES string of the molecule is O=C1NC(=O)C(c2cn(CC(O)CO)c3cc(F)ccc23)=C1c1c[nH]c2ccccc12. The number of aliphatic hydroxyl groups is 2. The van der Waals surface area contributed by atoms with Crippen LogP contribution in [-0.4, -0.2) is 44.3 Å². The summed E-state index contributed by atoms with van der Waals surface area (Å²) in [5.41, 5.74) is 2.72. The van der Waals surface area contributed by atoms with E-state index in [1.807, 2.05) is 24.3 Å². The number of fused-ring (bicyclic) bond motifs is 2. The molecule has 8 heteroatoms. The van der Waals surface area contributed by atoms with Gasteiger partial charge in [-0.1, -0.05) is 18.2 Å². The van der Waals surface area contributed by atoms with Crippen LogP contribution in [0.1, 0.15) is 11.1 Å². The van der Waals surface area contributed by atoms with E-state index < -0.39 is 30.3 Å². The number of imide groups is 1. The second-order valence-electron chi connectivity index (χ2n) is 7.47. The van der Waals surface area contributed by atoms with Gasteiger partial charge in [0.1, 0.15) is 5.82 Å². The molecule has 31 heavy (non-hydrogen) atoms. The van der Waals surface area contributed by atoms with Crippen LogP contribution >= 0.6 is 0 Å². The number of halogens is 1. The number of hydrogen-bond donors (Lipinski definition) is 4. The van der Waals surface area contributed by atoms with Crippen LogP contribution in [-0.2, 0) is 16.1 Å². The number of para-hydroxylation sites is 1. The van der Waals surface area contributed by atoms with E-state index in [9.17, 15) is 24.2 Å². The first-order valence-electron chi connectivity index (χ1n) is 9.72. The van der Waals surface area contributed by atoms with E-state index in [0.717, 1.165) is 10.9 Å². The average Bonchev–Trinajstić information content (AvgIpc) is 3.41. The number of nitrogens with one attached hydrogen (secondary N) is 2.